The lowest BCUT2D eigenvalue weighted by Crippen LogP contribution is -2.33. The summed E-state index contributed by atoms with van der Waals surface area (Å²) in [7, 11) is 1.63. The van der Waals surface area contributed by atoms with Crippen molar-refractivity contribution in [2.24, 2.45) is 0 Å². The molecule has 0 radical (unpaired) electrons. The Labute approximate surface area is 217 Å². The lowest BCUT2D eigenvalue weighted by atomic mass is 9.89. The smallest absolute Gasteiger partial charge is 0.231 e. The highest BCUT2D eigenvalue weighted by molar-refractivity contribution is 5.96. The van der Waals surface area contributed by atoms with E-state index in [1.807, 2.05) is 30.3 Å². The number of ether oxygens (including phenoxy) is 3. The highest BCUT2D eigenvalue weighted by atomic mass is 16.7. The predicted octanol–water partition coefficient (Wildman–Crippen LogP) is 7.62. The maximum absolute atomic E-state index is 12.5. The number of carbonyl (C=O) groups is 1. The lowest BCUT2D eigenvalue weighted by Gasteiger charge is -2.26. The summed E-state index contributed by atoms with van der Waals surface area (Å²) in [6.07, 6.45) is 12.5. The number of carbonyl (C=O) groups excluding carboxylic acids is 1. The Morgan fingerprint density at radius 1 is 1.08 bits per heavy atom. The van der Waals surface area contributed by atoms with Crippen LogP contribution in [0.15, 0.2) is 54.2 Å². The number of nitrogens with one attached hydrogen (secondary N) is 1. The zero-order chi connectivity index (χ0) is 25.8. The molecule has 1 aliphatic heterocycles. The summed E-state index contributed by atoms with van der Waals surface area (Å²) in [6, 6.07) is 13.9. The molecule has 0 amide bonds. The van der Waals surface area contributed by atoms with Gasteiger partial charge in [-0.05, 0) is 74.6 Å². The Kier molecular flexibility index (Phi) is 11.1. The molecule has 2 unspecified atom stereocenters. The van der Waals surface area contributed by atoms with E-state index in [0.29, 0.717) is 19.1 Å². The molecule has 5 nitrogen and oxygen atoms in total. The molecule has 0 aromatic heterocycles. The van der Waals surface area contributed by atoms with Gasteiger partial charge in [-0.1, -0.05) is 32.4 Å². The second-order valence-electron chi connectivity index (χ2n) is 9.49. The third-order valence-corrected chi connectivity index (χ3v) is 6.94. The Balaban J connectivity index is 1.54. The second-order valence-corrected chi connectivity index (χ2v) is 9.49. The molecule has 2 aromatic carbocycles. The number of methoxy groups -OCH3 is 1. The maximum Gasteiger partial charge on any atom is 0.231 e. The summed E-state index contributed by atoms with van der Waals surface area (Å²) in [6.45, 7) is 6.90. The highest BCUT2D eigenvalue weighted by Crippen LogP contribution is 2.36. The molecule has 0 aliphatic carbocycles. The topological polar surface area (TPSA) is 56.8 Å². The molecule has 0 fully saturated rings. The van der Waals surface area contributed by atoms with E-state index in [-0.39, 0.29) is 11.8 Å². The molecule has 1 N–H and O–H groups in total. The van der Waals surface area contributed by atoms with E-state index in [9.17, 15) is 4.79 Å². The number of allylic oxidation sites excluding steroid dienone is 2. The minimum absolute atomic E-state index is 0.187. The number of unbranched alkanes of at least 4 members (excludes halogenated alkanes) is 4. The number of hydrogen-bond acceptors (Lipinski definition) is 5. The summed E-state index contributed by atoms with van der Waals surface area (Å²) < 4.78 is 16.3. The number of hydrogen-bond donors (Lipinski definition) is 1. The van der Waals surface area contributed by atoms with Gasteiger partial charge in [0.25, 0.3) is 0 Å². The van der Waals surface area contributed by atoms with Crippen molar-refractivity contribution in [3.05, 3.63) is 71.8 Å². The summed E-state index contributed by atoms with van der Waals surface area (Å²) in [5.74, 6) is 2.92. The first kappa shape index (κ1) is 27.5. The first-order valence-corrected chi connectivity index (χ1v) is 13.4. The number of fused-ring (bicyclic) bond motifs is 1. The fraction of sp³-hybridized carbons (Fsp3) is 0.484. The molecule has 0 bridgehead atoms. The monoisotopic (exact) mass is 492 g/mol. The molecule has 1 aliphatic rings. The molecule has 0 spiro atoms. The van der Waals surface area contributed by atoms with Crippen molar-refractivity contribution < 1.29 is 19.0 Å². The standard InChI is InChI=1S/C31H42NO4/c1-5-7-8-9-13-28(23(3)25-17-20-30-31(21-25)36-22-35-30)32-26(6-2)12-10-11-14-29(33)24-15-18-27(34-4)19-16-24/h6,9,15-21,23,28,32H,5,7-8,10-14,22H2,1-4H3/q+1/b26-6-. The van der Waals surface area contributed by atoms with Crippen LogP contribution in [-0.2, 0) is 0 Å². The van der Waals surface area contributed by atoms with Gasteiger partial charge in [0, 0.05) is 23.6 Å². The molecule has 0 saturated carbocycles. The lowest BCUT2D eigenvalue weighted by molar-refractivity contribution is 0.0979. The van der Waals surface area contributed by atoms with Crippen molar-refractivity contribution in [3.8, 4) is 17.2 Å². The van der Waals surface area contributed by atoms with E-state index >= 15 is 0 Å². The van der Waals surface area contributed by atoms with Crippen LogP contribution in [0.3, 0.4) is 0 Å². The second kappa shape index (κ2) is 14.5. The molecule has 3 rings (SSSR count). The SMILES string of the molecule is C/C=C(/CCCCC(=O)c1ccc(OC)cc1)NC(C[CH+]CCCC)C(C)c1ccc2c(c1)OCO2. The van der Waals surface area contributed by atoms with Gasteiger partial charge in [0.05, 0.1) is 26.0 Å². The number of rotatable bonds is 16. The normalized spacial score (nSPS) is 14.3. The average Bonchev–Trinajstić information content (AvgIpc) is 3.39. The van der Waals surface area contributed by atoms with Gasteiger partial charge in [-0.2, -0.15) is 0 Å². The highest BCUT2D eigenvalue weighted by Gasteiger charge is 2.25. The molecule has 2 atom stereocenters. The van der Waals surface area contributed by atoms with Gasteiger partial charge in [0.1, 0.15) is 12.2 Å². The van der Waals surface area contributed by atoms with Gasteiger partial charge in [0.2, 0.25) is 6.79 Å². The minimum atomic E-state index is 0.187. The number of benzene rings is 2. The minimum Gasteiger partial charge on any atom is -0.497 e. The van der Waals surface area contributed by atoms with E-state index in [4.69, 9.17) is 14.2 Å². The summed E-state index contributed by atoms with van der Waals surface area (Å²) >= 11 is 0. The van der Waals surface area contributed by atoms with Crippen LogP contribution in [0.5, 0.6) is 17.2 Å². The molecular weight excluding hydrogens is 450 g/mol. The van der Waals surface area contributed by atoms with Crippen molar-refractivity contribution in [1.82, 2.24) is 5.32 Å². The van der Waals surface area contributed by atoms with E-state index < -0.39 is 0 Å². The Morgan fingerprint density at radius 2 is 1.83 bits per heavy atom. The molecule has 36 heavy (non-hydrogen) atoms. The van der Waals surface area contributed by atoms with Gasteiger partial charge in [-0.3, -0.25) is 4.79 Å². The summed E-state index contributed by atoms with van der Waals surface area (Å²) in [4.78, 5) is 12.5. The first-order chi connectivity index (χ1) is 17.5. The molecule has 1 heterocycles. The number of Topliss-reactive ketones (excluding diaryl/α,β-unsaturated/α-hetero) is 1. The Hall–Kier alpha value is -3.08. The molecule has 5 heteroatoms. The zero-order valence-corrected chi connectivity index (χ0v) is 22.3. The van der Waals surface area contributed by atoms with Crippen molar-refractivity contribution in [1.29, 1.82) is 0 Å². The van der Waals surface area contributed by atoms with Crippen molar-refractivity contribution in [2.45, 2.75) is 84.1 Å². The fourth-order valence-electron chi connectivity index (χ4n) is 4.52. The molecule has 0 saturated heterocycles. The number of ketones is 1. The van der Waals surface area contributed by atoms with Crippen LogP contribution in [0.25, 0.3) is 0 Å². The van der Waals surface area contributed by atoms with Crippen LogP contribution >= 0.6 is 0 Å². The van der Waals surface area contributed by atoms with Crippen LogP contribution in [0, 0.1) is 6.42 Å². The van der Waals surface area contributed by atoms with Crippen molar-refractivity contribution in [2.75, 3.05) is 13.9 Å². The fourth-order valence-corrected chi connectivity index (χ4v) is 4.52. The van der Waals surface area contributed by atoms with Crippen LogP contribution in [0.4, 0.5) is 0 Å². The van der Waals surface area contributed by atoms with E-state index in [1.165, 1.54) is 24.1 Å². The van der Waals surface area contributed by atoms with Crippen LogP contribution in [0.2, 0.25) is 0 Å². The summed E-state index contributed by atoms with van der Waals surface area (Å²) in [5.41, 5.74) is 3.25. The van der Waals surface area contributed by atoms with Gasteiger partial charge in [-0.25, -0.2) is 0 Å². The molecular formula is C31H42NO4+. The van der Waals surface area contributed by atoms with E-state index in [1.54, 1.807) is 7.11 Å². The van der Waals surface area contributed by atoms with E-state index in [2.05, 4.69) is 50.7 Å². The van der Waals surface area contributed by atoms with Gasteiger partial charge < -0.3 is 19.5 Å². The van der Waals surface area contributed by atoms with Crippen molar-refractivity contribution >= 4 is 5.78 Å². The van der Waals surface area contributed by atoms with Crippen LogP contribution < -0.4 is 19.5 Å². The first-order valence-electron chi connectivity index (χ1n) is 13.4. The maximum atomic E-state index is 12.5. The van der Waals surface area contributed by atoms with E-state index in [0.717, 1.165) is 54.9 Å². The molecule has 194 valence electrons. The van der Waals surface area contributed by atoms with Gasteiger partial charge >= 0.3 is 0 Å². The van der Waals surface area contributed by atoms with Gasteiger partial charge in [0.15, 0.2) is 17.3 Å². The van der Waals surface area contributed by atoms with Crippen LogP contribution in [-0.4, -0.2) is 25.7 Å². The van der Waals surface area contributed by atoms with Gasteiger partial charge in [-0.15, -0.1) is 0 Å². The quantitative estimate of drug-likeness (QED) is 0.148. The zero-order valence-electron chi connectivity index (χ0n) is 22.3. The Bertz CT molecular complexity index is 983. The average molecular weight is 493 g/mol. The Morgan fingerprint density at radius 3 is 2.56 bits per heavy atom. The third kappa shape index (κ3) is 7.97. The third-order valence-electron chi connectivity index (χ3n) is 6.94. The van der Waals surface area contributed by atoms with Crippen LogP contribution in [0.1, 0.15) is 94.0 Å². The predicted molar refractivity (Wildman–Crippen MR) is 146 cm³/mol. The summed E-state index contributed by atoms with van der Waals surface area (Å²) in [5, 5.41) is 3.84. The largest absolute Gasteiger partial charge is 0.497 e. The molecule has 2 aromatic rings. The van der Waals surface area contributed by atoms with Crippen molar-refractivity contribution in [3.63, 3.8) is 0 Å².